The summed E-state index contributed by atoms with van der Waals surface area (Å²) >= 11 is 1.21. The van der Waals surface area contributed by atoms with Crippen molar-refractivity contribution in [2.75, 3.05) is 26.1 Å². The average molecular weight is 202 g/mol. The van der Waals surface area contributed by atoms with Gasteiger partial charge in [-0.1, -0.05) is 5.10 Å². The molecule has 0 spiro atoms. The van der Waals surface area contributed by atoms with Crippen molar-refractivity contribution in [2.45, 2.75) is 0 Å². The van der Waals surface area contributed by atoms with E-state index >= 15 is 0 Å². The van der Waals surface area contributed by atoms with E-state index in [1.165, 1.54) is 23.3 Å². The number of urea groups is 1. The Bertz CT molecular complexity index is 301. The fraction of sp³-hybridized carbons (Fsp3) is 0.500. The molecule has 0 fully saturated rings. The molecule has 0 aromatic carbocycles. The molecule has 1 heterocycles. The van der Waals surface area contributed by atoms with Gasteiger partial charge in [-0.3, -0.25) is 4.90 Å². The topological polar surface area (TPSA) is 67.4 Å². The molecule has 0 aliphatic heterocycles. The summed E-state index contributed by atoms with van der Waals surface area (Å²) in [5.74, 6) is 0. The molecule has 7 heteroatoms. The van der Waals surface area contributed by atoms with Gasteiger partial charge in [0.1, 0.15) is 0 Å². The lowest BCUT2D eigenvalue weighted by atomic mass is 10.8. The maximum Gasteiger partial charge on any atom is 0.323 e. The van der Waals surface area contributed by atoms with E-state index in [2.05, 4.69) is 15.5 Å². The number of methoxy groups -OCH3 is 1. The van der Waals surface area contributed by atoms with Gasteiger partial charge in [-0.25, -0.2) is 4.79 Å². The van der Waals surface area contributed by atoms with Crippen LogP contribution in [0.15, 0.2) is 0 Å². The van der Waals surface area contributed by atoms with Crippen LogP contribution in [-0.2, 0) is 0 Å². The van der Waals surface area contributed by atoms with E-state index < -0.39 is 0 Å². The quantitative estimate of drug-likeness (QED) is 0.750. The van der Waals surface area contributed by atoms with Crippen LogP contribution in [0.1, 0.15) is 0 Å². The molecule has 0 aliphatic carbocycles. The van der Waals surface area contributed by atoms with Crippen LogP contribution in [0, 0.1) is 0 Å². The SMILES string of the molecule is CNC(=O)N(C)c1nnc(OC)s1. The number of nitrogens with one attached hydrogen (secondary N) is 1. The van der Waals surface area contributed by atoms with Gasteiger partial charge in [0.05, 0.1) is 7.11 Å². The number of nitrogens with zero attached hydrogens (tertiary/aromatic N) is 3. The van der Waals surface area contributed by atoms with Gasteiger partial charge in [0.2, 0.25) is 5.13 Å². The van der Waals surface area contributed by atoms with Crippen LogP contribution < -0.4 is 15.0 Å². The standard InChI is InChI=1S/C6H10N4O2S/c1-7-4(11)10(2)5-8-9-6(12-3)13-5/h1-3H3,(H,7,11). The molecule has 1 aromatic rings. The third-order valence-corrected chi connectivity index (χ3v) is 2.34. The minimum Gasteiger partial charge on any atom is -0.472 e. The van der Waals surface area contributed by atoms with Crippen LogP contribution in [0.2, 0.25) is 0 Å². The number of carbonyl (C=O) groups excluding carboxylic acids is 1. The van der Waals surface area contributed by atoms with Gasteiger partial charge >= 0.3 is 6.03 Å². The van der Waals surface area contributed by atoms with Crippen molar-refractivity contribution < 1.29 is 9.53 Å². The predicted molar refractivity (Wildman–Crippen MR) is 49.3 cm³/mol. The number of rotatable bonds is 2. The third-order valence-electron chi connectivity index (χ3n) is 1.38. The highest BCUT2D eigenvalue weighted by molar-refractivity contribution is 7.17. The summed E-state index contributed by atoms with van der Waals surface area (Å²) in [5.41, 5.74) is 0. The van der Waals surface area contributed by atoms with Crippen LogP contribution in [0.4, 0.5) is 9.93 Å². The molecule has 2 amide bonds. The molecule has 6 nitrogen and oxygen atoms in total. The van der Waals surface area contributed by atoms with Gasteiger partial charge in [0.15, 0.2) is 0 Å². The minimum atomic E-state index is -0.237. The zero-order chi connectivity index (χ0) is 9.84. The number of hydrogen-bond acceptors (Lipinski definition) is 5. The molecular weight excluding hydrogens is 192 g/mol. The summed E-state index contributed by atoms with van der Waals surface area (Å²) in [6.07, 6.45) is 0. The van der Waals surface area contributed by atoms with Crippen LogP contribution in [0.5, 0.6) is 5.19 Å². The molecule has 1 N–H and O–H groups in total. The minimum absolute atomic E-state index is 0.237. The first-order chi connectivity index (χ1) is 6.19. The fourth-order valence-electron chi connectivity index (χ4n) is 0.675. The molecular formula is C6H10N4O2S. The van der Waals surface area contributed by atoms with E-state index in [1.54, 1.807) is 14.1 Å². The van der Waals surface area contributed by atoms with Crippen LogP contribution in [0.25, 0.3) is 0 Å². The van der Waals surface area contributed by atoms with Crippen LogP contribution >= 0.6 is 11.3 Å². The molecule has 0 saturated carbocycles. The van der Waals surface area contributed by atoms with E-state index in [1.807, 2.05) is 0 Å². The number of hydrogen-bond donors (Lipinski definition) is 1. The summed E-state index contributed by atoms with van der Waals surface area (Å²) in [7, 11) is 4.67. The van der Waals surface area contributed by atoms with E-state index in [9.17, 15) is 4.79 Å². The number of aromatic nitrogens is 2. The van der Waals surface area contributed by atoms with E-state index in [-0.39, 0.29) is 6.03 Å². The Balaban J connectivity index is 2.76. The van der Waals surface area contributed by atoms with Crippen molar-refractivity contribution in [2.24, 2.45) is 0 Å². The monoisotopic (exact) mass is 202 g/mol. The lowest BCUT2D eigenvalue weighted by Gasteiger charge is -2.10. The zero-order valence-electron chi connectivity index (χ0n) is 7.57. The smallest absolute Gasteiger partial charge is 0.323 e. The van der Waals surface area contributed by atoms with Gasteiger partial charge in [0, 0.05) is 14.1 Å². The van der Waals surface area contributed by atoms with Crippen molar-refractivity contribution in [3.8, 4) is 5.19 Å². The van der Waals surface area contributed by atoms with Gasteiger partial charge < -0.3 is 10.1 Å². The number of carbonyl (C=O) groups is 1. The van der Waals surface area contributed by atoms with Crippen molar-refractivity contribution in [3.05, 3.63) is 0 Å². The second-order valence-electron chi connectivity index (χ2n) is 2.17. The third kappa shape index (κ3) is 2.05. The van der Waals surface area contributed by atoms with Crippen molar-refractivity contribution >= 4 is 22.5 Å². The van der Waals surface area contributed by atoms with E-state index in [4.69, 9.17) is 4.74 Å². The highest BCUT2D eigenvalue weighted by Gasteiger charge is 2.13. The second kappa shape index (κ2) is 4.04. The molecule has 0 saturated heterocycles. The Hall–Kier alpha value is -1.37. The average Bonchev–Trinajstić information content (AvgIpc) is 2.63. The summed E-state index contributed by atoms with van der Waals surface area (Å²) in [6.45, 7) is 0. The fourth-order valence-corrected chi connectivity index (χ4v) is 1.30. The first kappa shape index (κ1) is 9.72. The summed E-state index contributed by atoms with van der Waals surface area (Å²) in [6, 6.07) is -0.237. The first-order valence-electron chi connectivity index (χ1n) is 3.52. The highest BCUT2D eigenvalue weighted by atomic mass is 32.1. The zero-order valence-corrected chi connectivity index (χ0v) is 8.38. The first-order valence-corrected chi connectivity index (χ1v) is 4.33. The lowest BCUT2D eigenvalue weighted by Crippen LogP contribution is -2.34. The lowest BCUT2D eigenvalue weighted by molar-refractivity contribution is 0.249. The molecule has 1 rings (SSSR count). The number of ether oxygens (including phenoxy) is 1. The number of amides is 2. The molecule has 0 atom stereocenters. The highest BCUT2D eigenvalue weighted by Crippen LogP contribution is 2.24. The summed E-state index contributed by atoms with van der Waals surface area (Å²) in [5, 5.41) is 10.9. The maximum atomic E-state index is 11.1. The van der Waals surface area contributed by atoms with Crippen molar-refractivity contribution in [3.63, 3.8) is 0 Å². The molecule has 0 unspecified atom stereocenters. The molecule has 13 heavy (non-hydrogen) atoms. The van der Waals surface area contributed by atoms with Crippen LogP contribution in [0.3, 0.4) is 0 Å². The number of anilines is 1. The predicted octanol–water partition coefficient (Wildman–Crippen LogP) is 0.322. The van der Waals surface area contributed by atoms with Crippen LogP contribution in [-0.4, -0.2) is 37.4 Å². The molecule has 72 valence electrons. The Morgan fingerprint density at radius 2 is 2.31 bits per heavy atom. The second-order valence-corrected chi connectivity index (χ2v) is 3.09. The Morgan fingerprint density at radius 3 is 2.77 bits per heavy atom. The molecule has 0 bridgehead atoms. The maximum absolute atomic E-state index is 11.1. The van der Waals surface area contributed by atoms with Gasteiger partial charge in [-0.15, -0.1) is 5.10 Å². The Morgan fingerprint density at radius 1 is 1.62 bits per heavy atom. The van der Waals surface area contributed by atoms with Gasteiger partial charge in [0.25, 0.3) is 5.19 Å². The normalized spacial score (nSPS) is 9.46. The Kier molecular flexibility index (Phi) is 3.02. The Labute approximate surface area is 79.5 Å². The summed E-state index contributed by atoms with van der Waals surface area (Å²) in [4.78, 5) is 12.5. The van der Waals surface area contributed by atoms with Crippen molar-refractivity contribution in [1.29, 1.82) is 0 Å². The van der Waals surface area contributed by atoms with E-state index in [0.717, 1.165) is 0 Å². The van der Waals surface area contributed by atoms with Gasteiger partial charge in [-0.2, -0.15) is 0 Å². The van der Waals surface area contributed by atoms with E-state index in [0.29, 0.717) is 10.3 Å². The largest absolute Gasteiger partial charge is 0.472 e. The molecule has 0 radical (unpaired) electrons. The summed E-state index contributed by atoms with van der Waals surface area (Å²) < 4.78 is 4.84. The molecule has 1 aromatic heterocycles. The van der Waals surface area contributed by atoms with Gasteiger partial charge in [-0.05, 0) is 11.3 Å². The van der Waals surface area contributed by atoms with Crippen molar-refractivity contribution in [1.82, 2.24) is 15.5 Å². The molecule has 0 aliphatic rings.